The lowest BCUT2D eigenvalue weighted by Crippen LogP contribution is -2.43. The quantitative estimate of drug-likeness (QED) is 0.738. The minimum absolute atomic E-state index is 0.0211. The van der Waals surface area contributed by atoms with Gasteiger partial charge in [-0.15, -0.1) is 0 Å². The molecule has 5 heteroatoms. The van der Waals surface area contributed by atoms with Crippen molar-refractivity contribution >= 4 is 10.9 Å². The number of hydrogen-bond donors (Lipinski definition) is 2. The van der Waals surface area contributed by atoms with Gasteiger partial charge in [-0.1, -0.05) is 32.4 Å². The van der Waals surface area contributed by atoms with Gasteiger partial charge in [-0.3, -0.25) is 4.79 Å². The molecular formula is C21H28N4O. The summed E-state index contributed by atoms with van der Waals surface area (Å²) in [4.78, 5) is 19.7. The zero-order chi connectivity index (χ0) is 18.9. The average molecular weight is 352 g/mol. The maximum atomic E-state index is 12.5. The first-order valence-corrected chi connectivity index (χ1v) is 9.06. The highest BCUT2D eigenvalue weighted by Gasteiger charge is 2.24. The maximum Gasteiger partial charge on any atom is 0.252 e. The van der Waals surface area contributed by atoms with E-state index >= 15 is 0 Å². The summed E-state index contributed by atoms with van der Waals surface area (Å²) < 4.78 is 2.07. The minimum Gasteiger partial charge on any atom is -0.336 e. The molecule has 1 unspecified atom stereocenters. The highest BCUT2D eigenvalue weighted by molar-refractivity contribution is 5.82. The molecule has 1 atom stereocenters. The van der Waals surface area contributed by atoms with Gasteiger partial charge in [-0.25, -0.2) is 4.98 Å². The van der Waals surface area contributed by atoms with Crippen molar-refractivity contribution in [1.82, 2.24) is 19.9 Å². The van der Waals surface area contributed by atoms with Crippen molar-refractivity contribution in [3.05, 3.63) is 64.0 Å². The van der Waals surface area contributed by atoms with Crippen LogP contribution in [0.25, 0.3) is 10.9 Å². The topological polar surface area (TPSA) is 62.7 Å². The Bertz CT molecular complexity index is 949. The Balaban J connectivity index is 1.85. The molecule has 0 radical (unpaired) electrons. The third-order valence-electron chi connectivity index (χ3n) is 4.91. The second kappa shape index (κ2) is 7.08. The molecule has 2 aromatic heterocycles. The lowest BCUT2D eigenvalue weighted by atomic mass is 9.86. The molecule has 3 rings (SSSR count). The number of H-pyrrole nitrogens is 1. The van der Waals surface area contributed by atoms with E-state index < -0.39 is 0 Å². The molecule has 2 N–H and O–H groups in total. The number of benzene rings is 1. The maximum absolute atomic E-state index is 12.5. The van der Waals surface area contributed by atoms with Crippen LogP contribution in [-0.4, -0.2) is 20.6 Å². The Labute approximate surface area is 154 Å². The summed E-state index contributed by atoms with van der Waals surface area (Å²) in [7, 11) is 0. The van der Waals surface area contributed by atoms with E-state index in [1.54, 1.807) is 6.20 Å². The number of aryl methyl sites for hydroxylation is 2. The lowest BCUT2D eigenvalue weighted by molar-refractivity contribution is 0.240. The van der Waals surface area contributed by atoms with E-state index in [1.165, 1.54) is 5.56 Å². The fourth-order valence-corrected chi connectivity index (χ4v) is 3.35. The standard InChI is InChI=1S/C21H28N4O/c1-14-8-15(2)19-16(9-14)10-17(20(26)24-19)11-23-18(21(3,4)5)12-25-7-6-22-13-25/h6-10,13,18,23H,11-12H2,1-5H3,(H,24,26). The van der Waals surface area contributed by atoms with Gasteiger partial charge in [0.05, 0.1) is 11.8 Å². The van der Waals surface area contributed by atoms with E-state index in [9.17, 15) is 4.79 Å². The van der Waals surface area contributed by atoms with E-state index in [0.717, 1.165) is 28.6 Å². The number of pyridine rings is 1. The van der Waals surface area contributed by atoms with Gasteiger partial charge in [0.25, 0.3) is 5.56 Å². The summed E-state index contributed by atoms with van der Waals surface area (Å²) in [5.41, 5.74) is 4.03. The van der Waals surface area contributed by atoms with E-state index in [4.69, 9.17) is 0 Å². The van der Waals surface area contributed by atoms with Crippen LogP contribution in [-0.2, 0) is 13.1 Å². The lowest BCUT2D eigenvalue weighted by Gasteiger charge is -2.32. The molecule has 5 nitrogen and oxygen atoms in total. The summed E-state index contributed by atoms with van der Waals surface area (Å²) in [6.07, 6.45) is 5.59. The summed E-state index contributed by atoms with van der Waals surface area (Å²) in [6, 6.07) is 6.44. The van der Waals surface area contributed by atoms with E-state index in [-0.39, 0.29) is 17.0 Å². The molecule has 26 heavy (non-hydrogen) atoms. The van der Waals surface area contributed by atoms with Crippen LogP contribution < -0.4 is 10.9 Å². The minimum atomic E-state index is -0.0211. The van der Waals surface area contributed by atoms with Crippen LogP contribution in [0.2, 0.25) is 0 Å². The van der Waals surface area contributed by atoms with Gasteiger partial charge in [-0.05, 0) is 42.3 Å². The third kappa shape index (κ3) is 4.05. The summed E-state index contributed by atoms with van der Waals surface area (Å²) in [6.45, 7) is 12.1. The average Bonchev–Trinajstić information content (AvgIpc) is 3.04. The predicted octanol–water partition coefficient (Wildman–Crippen LogP) is 3.55. The Morgan fingerprint density at radius 2 is 2.00 bits per heavy atom. The second-order valence-electron chi connectivity index (χ2n) is 8.23. The number of imidazole rings is 1. The number of aromatic amines is 1. The second-order valence-corrected chi connectivity index (χ2v) is 8.23. The first kappa shape index (κ1) is 18.4. The number of fused-ring (bicyclic) bond motifs is 1. The zero-order valence-electron chi connectivity index (χ0n) is 16.3. The zero-order valence-corrected chi connectivity index (χ0v) is 16.3. The largest absolute Gasteiger partial charge is 0.336 e. The number of rotatable bonds is 5. The van der Waals surface area contributed by atoms with Crippen LogP contribution in [0, 0.1) is 19.3 Å². The highest BCUT2D eigenvalue weighted by atomic mass is 16.1. The third-order valence-corrected chi connectivity index (χ3v) is 4.91. The van der Waals surface area contributed by atoms with Crippen molar-refractivity contribution in [2.75, 3.05) is 0 Å². The fourth-order valence-electron chi connectivity index (χ4n) is 3.35. The molecule has 0 amide bonds. The molecule has 0 saturated carbocycles. The van der Waals surface area contributed by atoms with Crippen LogP contribution in [0.4, 0.5) is 0 Å². The van der Waals surface area contributed by atoms with Crippen molar-refractivity contribution in [1.29, 1.82) is 0 Å². The Morgan fingerprint density at radius 1 is 1.23 bits per heavy atom. The molecule has 0 saturated heterocycles. The van der Waals surface area contributed by atoms with E-state index in [2.05, 4.69) is 59.7 Å². The van der Waals surface area contributed by atoms with Gasteiger partial charge >= 0.3 is 0 Å². The van der Waals surface area contributed by atoms with E-state index in [1.807, 2.05) is 25.5 Å². The van der Waals surface area contributed by atoms with Gasteiger partial charge in [0.15, 0.2) is 0 Å². The molecule has 0 aliphatic heterocycles. The molecule has 1 aromatic carbocycles. The Morgan fingerprint density at radius 3 is 2.65 bits per heavy atom. The van der Waals surface area contributed by atoms with Crippen molar-refractivity contribution < 1.29 is 0 Å². The fraction of sp³-hybridized carbons (Fsp3) is 0.429. The van der Waals surface area contributed by atoms with Crippen molar-refractivity contribution in [2.24, 2.45) is 5.41 Å². The van der Waals surface area contributed by atoms with Gasteiger partial charge in [0.2, 0.25) is 0 Å². The van der Waals surface area contributed by atoms with Crippen molar-refractivity contribution in [3.63, 3.8) is 0 Å². The Kier molecular flexibility index (Phi) is 5.01. The molecule has 0 aliphatic carbocycles. The van der Waals surface area contributed by atoms with E-state index in [0.29, 0.717) is 6.54 Å². The molecule has 3 aromatic rings. The van der Waals surface area contributed by atoms with Crippen LogP contribution in [0.5, 0.6) is 0 Å². The molecule has 138 valence electrons. The monoisotopic (exact) mass is 352 g/mol. The molecule has 0 spiro atoms. The molecule has 2 heterocycles. The van der Waals surface area contributed by atoms with Crippen LogP contribution in [0.3, 0.4) is 0 Å². The normalized spacial score (nSPS) is 13.3. The SMILES string of the molecule is Cc1cc(C)c2[nH]c(=O)c(CNC(Cn3ccnc3)C(C)(C)C)cc2c1. The van der Waals surface area contributed by atoms with Crippen molar-refractivity contribution in [2.45, 2.75) is 53.8 Å². The number of nitrogens with zero attached hydrogens (tertiary/aromatic N) is 2. The molecule has 0 bridgehead atoms. The summed E-state index contributed by atoms with van der Waals surface area (Å²) >= 11 is 0. The first-order valence-electron chi connectivity index (χ1n) is 9.06. The van der Waals surface area contributed by atoms with Gasteiger partial charge in [0.1, 0.15) is 0 Å². The number of aromatic nitrogens is 3. The predicted molar refractivity (Wildman–Crippen MR) is 106 cm³/mol. The smallest absolute Gasteiger partial charge is 0.252 e. The first-order chi connectivity index (χ1) is 12.2. The summed E-state index contributed by atoms with van der Waals surface area (Å²) in [5.74, 6) is 0. The highest BCUT2D eigenvalue weighted by Crippen LogP contribution is 2.22. The number of nitrogens with one attached hydrogen (secondary N) is 2. The van der Waals surface area contributed by atoms with Gasteiger partial charge < -0.3 is 14.9 Å². The molecule has 0 aliphatic rings. The molecular weight excluding hydrogens is 324 g/mol. The Hall–Kier alpha value is -2.40. The summed E-state index contributed by atoms with van der Waals surface area (Å²) in [5, 5.41) is 4.66. The van der Waals surface area contributed by atoms with Crippen LogP contribution >= 0.6 is 0 Å². The van der Waals surface area contributed by atoms with Gasteiger partial charge in [-0.2, -0.15) is 0 Å². The number of hydrogen-bond acceptors (Lipinski definition) is 3. The van der Waals surface area contributed by atoms with Crippen molar-refractivity contribution in [3.8, 4) is 0 Å². The molecule has 0 fully saturated rings. The van der Waals surface area contributed by atoms with Crippen LogP contribution in [0.1, 0.15) is 37.5 Å². The van der Waals surface area contributed by atoms with Crippen LogP contribution in [0.15, 0.2) is 41.7 Å². The van der Waals surface area contributed by atoms with Gasteiger partial charge in [0, 0.05) is 37.1 Å².